The van der Waals surface area contributed by atoms with Crippen LogP contribution in [0.15, 0.2) is 53.4 Å². The van der Waals surface area contributed by atoms with Gasteiger partial charge in [0.2, 0.25) is 0 Å². The summed E-state index contributed by atoms with van der Waals surface area (Å²) >= 11 is 5.86. The van der Waals surface area contributed by atoms with Crippen LogP contribution in [-0.2, 0) is 10.0 Å². The summed E-state index contributed by atoms with van der Waals surface area (Å²) < 4.78 is 39.5. The molecule has 0 saturated heterocycles. The zero-order chi connectivity index (χ0) is 14.8. The molecule has 0 bridgehead atoms. The zero-order valence-corrected chi connectivity index (χ0v) is 12.3. The lowest BCUT2D eigenvalue weighted by Crippen LogP contribution is -2.30. The van der Waals surface area contributed by atoms with E-state index in [1.807, 2.05) is 0 Å². The first-order valence-corrected chi connectivity index (χ1v) is 7.81. The molecule has 0 saturated carbocycles. The molecule has 0 amide bonds. The average Bonchev–Trinajstić information content (AvgIpc) is 2.40. The number of sulfonamides is 1. The van der Waals surface area contributed by atoms with E-state index in [-0.39, 0.29) is 16.5 Å². The summed E-state index contributed by atoms with van der Waals surface area (Å²) in [5, 5.41) is -0.126. The molecule has 0 aliphatic heterocycles. The molecule has 106 valence electrons. The molecule has 0 aliphatic rings. The molecule has 0 atom stereocenters. The third kappa shape index (κ3) is 2.78. The maximum atomic E-state index is 13.0. The predicted octanol–water partition coefficient (Wildman–Crippen LogP) is 3.69. The van der Waals surface area contributed by atoms with Crippen molar-refractivity contribution in [3.63, 3.8) is 0 Å². The molecule has 0 N–H and O–H groups in total. The third-order valence-electron chi connectivity index (χ3n) is 2.79. The van der Waals surface area contributed by atoms with Gasteiger partial charge in [-0.3, -0.25) is 4.31 Å². The minimum Gasteiger partial charge on any atom is -0.267 e. The molecule has 2 aromatic carbocycles. The van der Waals surface area contributed by atoms with E-state index in [9.17, 15) is 12.8 Å². The van der Waals surface area contributed by atoms with Gasteiger partial charge >= 0.3 is 0 Å². The van der Waals surface area contributed by atoms with Crippen LogP contribution in [-0.4, -0.2) is 15.0 Å². The van der Waals surface area contributed by atoms with Gasteiger partial charge in [0.25, 0.3) is 10.0 Å². The van der Waals surface area contributed by atoms with Crippen LogP contribution in [0.25, 0.3) is 0 Å². The fourth-order valence-electron chi connectivity index (χ4n) is 1.89. The first kappa shape index (κ1) is 14.8. The molecule has 3 nitrogen and oxygen atoms in total. The van der Waals surface area contributed by atoms with Crippen molar-refractivity contribution in [2.24, 2.45) is 0 Å². The Hall–Kier alpha value is -1.59. The lowest BCUT2D eigenvalue weighted by atomic mass is 10.3. The third-order valence-corrected chi connectivity index (χ3v) is 5.18. The molecule has 0 spiro atoms. The molecule has 0 aliphatic carbocycles. The first-order valence-electron chi connectivity index (χ1n) is 5.99. The number of nitrogens with zero attached hydrogens (tertiary/aromatic N) is 1. The van der Waals surface area contributed by atoms with Gasteiger partial charge < -0.3 is 0 Å². The van der Waals surface area contributed by atoms with Crippen molar-refractivity contribution in [3.8, 4) is 0 Å². The molecule has 2 rings (SSSR count). The molecule has 6 heteroatoms. The van der Waals surface area contributed by atoms with Gasteiger partial charge in [-0.15, -0.1) is 0 Å². The van der Waals surface area contributed by atoms with Crippen molar-refractivity contribution in [2.75, 3.05) is 10.8 Å². The Morgan fingerprint density at radius 2 is 1.80 bits per heavy atom. The minimum atomic E-state index is -3.82. The maximum absolute atomic E-state index is 13.0. The molecule has 2 aromatic rings. The Morgan fingerprint density at radius 3 is 2.35 bits per heavy atom. The van der Waals surface area contributed by atoms with Gasteiger partial charge in [-0.1, -0.05) is 29.8 Å². The van der Waals surface area contributed by atoms with Crippen molar-refractivity contribution < 1.29 is 12.8 Å². The predicted molar refractivity (Wildman–Crippen MR) is 78.1 cm³/mol. The van der Waals surface area contributed by atoms with E-state index in [2.05, 4.69) is 0 Å². The second kappa shape index (κ2) is 5.81. The topological polar surface area (TPSA) is 37.4 Å². The molecular weight excluding hydrogens is 301 g/mol. The fourth-order valence-corrected chi connectivity index (χ4v) is 3.87. The summed E-state index contributed by atoms with van der Waals surface area (Å²) in [6, 6.07) is 11.9. The van der Waals surface area contributed by atoms with Crippen molar-refractivity contribution in [2.45, 2.75) is 11.8 Å². The molecule has 20 heavy (non-hydrogen) atoms. The second-order valence-corrected chi connectivity index (χ2v) is 6.32. The van der Waals surface area contributed by atoms with Crippen LogP contribution >= 0.6 is 11.6 Å². The number of hydrogen-bond donors (Lipinski definition) is 0. The molecule has 0 aromatic heterocycles. The highest BCUT2D eigenvalue weighted by molar-refractivity contribution is 7.93. The number of anilines is 1. The van der Waals surface area contributed by atoms with Crippen LogP contribution in [0.1, 0.15) is 6.92 Å². The van der Waals surface area contributed by atoms with Crippen LogP contribution in [0.5, 0.6) is 0 Å². The highest BCUT2D eigenvalue weighted by Crippen LogP contribution is 2.28. The van der Waals surface area contributed by atoms with Crippen LogP contribution in [0, 0.1) is 5.82 Å². The van der Waals surface area contributed by atoms with E-state index in [0.29, 0.717) is 5.69 Å². The quantitative estimate of drug-likeness (QED) is 0.863. The van der Waals surface area contributed by atoms with Gasteiger partial charge in [-0.2, -0.15) is 0 Å². The molecule has 0 fully saturated rings. The Kier molecular flexibility index (Phi) is 4.30. The Balaban J connectivity index is 2.53. The van der Waals surface area contributed by atoms with Crippen molar-refractivity contribution in [1.82, 2.24) is 0 Å². The summed E-state index contributed by atoms with van der Waals surface area (Å²) in [5.41, 5.74) is 0.537. The standard InChI is InChI=1S/C14H13ClFNO2S/c1-2-17(12-6-4-3-5-7-12)20(18,19)14-9-8-11(16)10-13(14)15/h3-10H,2H2,1H3. The van der Waals surface area contributed by atoms with E-state index in [0.717, 1.165) is 12.1 Å². The van der Waals surface area contributed by atoms with Gasteiger partial charge in [0.05, 0.1) is 10.7 Å². The van der Waals surface area contributed by atoms with Gasteiger partial charge in [0.15, 0.2) is 0 Å². The van der Waals surface area contributed by atoms with Gasteiger partial charge in [0.1, 0.15) is 10.7 Å². The summed E-state index contributed by atoms with van der Waals surface area (Å²) in [7, 11) is -3.82. The van der Waals surface area contributed by atoms with Crippen molar-refractivity contribution in [1.29, 1.82) is 0 Å². The normalized spacial score (nSPS) is 11.3. The number of hydrogen-bond acceptors (Lipinski definition) is 2. The van der Waals surface area contributed by atoms with Crippen molar-refractivity contribution >= 4 is 27.3 Å². The fraction of sp³-hybridized carbons (Fsp3) is 0.143. The van der Waals surface area contributed by atoms with Gasteiger partial charge in [-0.25, -0.2) is 12.8 Å². The Morgan fingerprint density at radius 1 is 1.15 bits per heavy atom. The molecule has 0 heterocycles. The maximum Gasteiger partial charge on any atom is 0.265 e. The van der Waals surface area contributed by atoms with E-state index in [1.165, 1.54) is 10.4 Å². The Labute approximate surface area is 122 Å². The van der Waals surface area contributed by atoms with Crippen LogP contribution in [0.2, 0.25) is 5.02 Å². The second-order valence-electron chi connectivity index (χ2n) is 4.08. The monoisotopic (exact) mass is 313 g/mol. The number of para-hydroxylation sites is 1. The number of halogens is 2. The van der Waals surface area contributed by atoms with Crippen LogP contribution in [0.4, 0.5) is 10.1 Å². The number of benzene rings is 2. The number of rotatable bonds is 4. The highest BCUT2D eigenvalue weighted by Gasteiger charge is 2.26. The lowest BCUT2D eigenvalue weighted by molar-refractivity contribution is 0.591. The lowest BCUT2D eigenvalue weighted by Gasteiger charge is -2.23. The molecule has 0 radical (unpaired) electrons. The van der Waals surface area contributed by atoms with Gasteiger partial charge in [0, 0.05) is 6.54 Å². The molecule has 0 unspecified atom stereocenters. The summed E-state index contributed by atoms with van der Waals surface area (Å²) in [6.45, 7) is 1.97. The summed E-state index contributed by atoms with van der Waals surface area (Å²) in [5.74, 6) is -0.572. The van der Waals surface area contributed by atoms with Crippen LogP contribution in [0.3, 0.4) is 0 Å². The van der Waals surface area contributed by atoms with E-state index >= 15 is 0 Å². The molecular formula is C14H13ClFNO2S. The largest absolute Gasteiger partial charge is 0.267 e. The smallest absolute Gasteiger partial charge is 0.265 e. The van der Waals surface area contributed by atoms with E-state index in [1.54, 1.807) is 37.3 Å². The summed E-state index contributed by atoms with van der Waals surface area (Å²) in [6.07, 6.45) is 0. The first-order chi connectivity index (χ1) is 9.46. The Bertz CT molecular complexity index is 704. The minimum absolute atomic E-state index is 0.105. The van der Waals surface area contributed by atoms with E-state index in [4.69, 9.17) is 11.6 Å². The SMILES string of the molecule is CCN(c1ccccc1)S(=O)(=O)c1ccc(F)cc1Cl. The van der Waals surface area contributed by atoms with Gasteiger partial charge in [-0.05, 0) is 37.3 Å². The highest BCUT2D eigenvalue weighted by atomic mass is 35.5. The zero-order valence-electron chi connectivity index (χ0n) is 10.8. The summed E-state index contributed by atoms with van der Waals surface area (Å²) in [4.78, 5) is -0.105. The van der Waals surface area contributed by atoms with Crippen molar-refractivity contribution in [3.05, 3.63) is 59.4 Å². The van der Waals surface area contributed by atoms with Crippen LogP contribution < -0.4 is 4.31 Å². The average molecular weight is 314 g/mol. The van der Waals surface area contributed by atoms with E-state index < -0.39 is 15.8 Å².